The fourth-order valence-corrected chi connectivity index (χ4v) is 2.01. The average molecular weight is 195 g/mol. The molecule has 3 N–H and O–H groups in total. The van der Waals surface area contributed by atoms with Gasteiger partial charge in [-0.1, -0.05) is 0 Å². The molecule has 0 aromatic carbocycles. The highest BCUT2D eigenvalue weighted by Gasteiger charge is 2.21. The van der Waals surface area contributed by atoms with Crippen molar-refractivity contribution >= 4 is 17.2 Å². The highest BCUT2D eigenvalue weighted by atomic mass is 32.1. The molecule has 0 aliphatic heterocycles. The second-order valence-corrected chi connectivity index (χ2v) is 4.07. The first kappa shape index (κ1) is 8.72. The number of rotatable bonds is 2. The van der Waals surface area contributed by atoms with Crippen LogP contribution in [0.2, 0.25) is 0 Å². The Hall–Kier alpha value is -0.870. The van der Waals surface area contributed by atoms with Crippen molar-refractivity contribution in [2.24, 2.45) is 10.8 Å². The van der Waals surface area contributed by atoms with Gasteiger partial charge in [-0.2, -0.15) is 11.3 Å². The molecule has 4 heteroatoms. The van der Waals surface area contributed by atoms with Crippen LogP contribution in [0.25, 0.3) is 0 Å². The molecule has 0 unspecified atom stereocenters. The molecule has 1 heterocycles. The Labute approximate surface area is 81.6 Å². The Morgan fingerprint density at radius 3 is 2.85 bits per heavy atom. The predicted octanol–water partition coefficient (Wildman–Crippen LogP) is 1.43. The van der Waals surface area contributed by atoms with Crippen LogP contribution in [-0.4, -0.2) is 11.9 Å². The topological polar surface area (TPSA) is 50.4 Å². The standard InChI is InChI=1S/C9H13N3S/c1-6-4-13-5-8(6)9(12-10)11-7-2-3-7/h4-5,7H,2-3,10H2,1H3,(H,11,12). The number of nitrogens with two attached hydrogens (primary N) is 1. The number of hydrogen-bond acceptors (Lipinski definition) is 3. The minimum absolute atomic E-state index is 0.505. The minimum atomic E-state index is 0.505. The SMILES string of the molecule is Cc1cscc1C(=NC1CC1)NN. The maximum atomic E-state index is 5.43. The fraction of sp³-hybridized carbons (Fsp3) is 0.444. The third kappa shape index (κ3) is 1.89. The summed E-state index contributed by atoms with van der Waals surface area (Å²) < 4.78 is 0. The van der Waals surface area contributed by atoms with E-state index in [0.29, 0.717) is 6.04 Å². The zero-order chi connectivity index (χ0) is 9.26. The zero-order valence-electron chi connectivity index (χ0n) is 7.58. The van der Waals surface area contributed by atoms with Gasteiger partial charge in [0.1, 0.15) is 5.84 Å². The van der Waals surface area contributed by atoms with Crippen LogP contribution >= 0.6 is 11.3 Å². The molecule has 70 valence electrons. The number of aryl methyl sites for hydroxylation is 1. The van der Waals surface area contributed by atoms with Crippen LogP contribution in [0.15, 0.2) is 15.8 Å². The van der Waals surface area contributed by atoms with Crippen molar-refractivity contribution in [3.05, 3.63) is 21.9 Å². The number of hydrogen-bond donors (Lipinski definition) is 2. The first-order valence-corrected chi connectivity index (χ1v) is 5.33. The van der Waals surface area contributed by atoms with Gasteiger partial charge in [0.25, 0.3) is 0 Å². The van der Waals surface area contributed by atoms with E-state index in [4.69, 9.17) is 5.84 Å². The van der Waals surface area contributed by atoms with E-state index in [9.17, 15) is 0 Å². The lowest BCUT2D eigenvalue weighted by atomic mass is 10.2. The molecule has 0 atom stereocenters. The largest absolute Gasteiger partial charge is 0.308 e. The average Bonchev–Trinajstić information content (AvgIpc) is 2.85. The third-order valence-corrected chi connectivity index (χ3v) is 2.97. The molecule has 1 saturated carbocycles. The quantitative estimate of drug-likeness (QED) is 0.324. The molecule has 1 aliphatic carbocycles. The summed E-state index contributed by atoms with van der Waals surface area (Å²) in [7, 11) is 0. The summed E-state index contributed by atoms with van der Waals surface area (Å²) in [4.78, 5) is 4.50. The van der Waals surface area contributed by atoms with Crippen LogP contribution in [0, 0.1) is 6.92 Å². The van der Waals surface area contributed by atoms with E-state index in [-0.39, 0.29) is 0 Å². The number of hydrazine groups is 1. The number of nitrogens with zero attached hydrogens (tertiary/aromatic N) is 1. The highest BCUT2D eigenvalue weighted by Crippen LogP contribution is 2.25. The zero-order valence-corrected chi connectivity index (χ0v) is 8.40. The summed E-state index contributed by atoms with van der Waals surface area (Å²) >= 11 is 1.68. The van der Waals surface area contributed by atoms with Gasteiger partial charge in [-0.25, -0.2) is 5.84 Å². The van der Waals surface area contributed by atoms with Crippen LogP contribution in [-0.2, 0) is 0 Å². The van der Waals surface area contributed by atoms with Crippen molar-refractivity contribution in [3.8, 4) is 0 Å². The number of aliphatic imine (C=N–C) groups is 1. The van der Waals surface area contributed by atoms with Crippen LogP contribution < -0.4 is 11.3 Å². The van der Waals surface area contributed by atoms with Gasteiger partial charge >= 0.3 is 0 Å². The lowest BCUT2D eigenvalue weighted by molar-refractivity contribution is 0.970. The highest BCUT2D eigenvalue weighted by molar-refractivity contribution is 7.08. The van der Waals surface area contributed by atoms with Gasteiger partial charge < -0.3 is 5.43 Å². The molecular formula is C9H13N3S. The van der Waals surface area contributed by atoms with Gasteiger partial charge in [-0.15, -0.1) is 0 Å². The maximum Gasteiger partial charge on any atom is 0.143 e. The Morgan fingerprint density at radius 1 is 1.62 bits per heavy atom. The molecule has 1 aromatic heterocycles. The Kier molecular flexibility index (Phi) is 2.33. The molecule has 0 saturated heterocycles. The number of nitrogens with one attached hydrogen (secondary N) is 1. The van der Waals surface area contributed by atoms with Gasteiger partial charge in [0.15, 0.2) is 0 Å². The molecule has 1 aliphatic rings. The van der Waals surface area contributed by atoms with Gasteiger partial charge in [0.05, 0.1) is 6.04 Å². The van der Waals surface area contributed by atoms with Crippen LogP contribution in [0.3, 0.4) is 0 Å². The number of thiophene rings is 1. The molecule has 0 amide bonds. The van der Waals surface area contributed by atoms with Crippen molar-refractivity contribution < 1.29 is 0 Å². The summed E-state index contributed by atoms with van der Waals surface area (Å²) in [6.07, 6.45) is 2.41. The molecule has 0 spiro atoms. The van der Waals surface area contributed by atoms with Gasteiger partial charge in [-0.3, -0.25) is 4.99 Å². The van der Waals surface area contributed by atoms with Crippen LogP contribution in [0.4, 0.5) is 0 Å². The summed E-state index contributed by atoms with van der Waals surface area (Å²) in [6, 6.07) is 0.505. The van der Waals surface area contributed by atoms with Crippen molar-refractivity contribution in [1.82, 2.24) is 5.43 Å². The summed E-state index contributed by atoms with van der Waals surface area (Å²) in [5.74, 6) is 6.27. The Morgan fingerprint density at radius 2 is 2.38 bits per heavy atom. The Balaban J connectivity index is 2.25. The first-order chi connectivity index (χ1) is 6.31. The lowest BCUT2D eigenvalue weighted by Crippen LogP contribution is -2.31. The molecule has 2 rings (SSSR count). The van der Waals surface area contributed by atoms with E-state index in [2.05, 4.69) is 28.1 Å². The smallest absolute Gasteiger partial charge is 0.143 e. The molecular weight excluding hydrogens is 182 g/mol. The van der Waals surface area contributed by atoms with E-state index >= 15 is 0 Å². The molecule has 3 nitrogen and oxygen atoms in total. The molecule has 13 heavy (non-hydrogen) atoms. The van der Waals surface area contributed by atoms with Crippen molar-refractivity contribution in [3.63, 3.8) is 0 Å². The lowest BCUT2D eigenvalue weighted by Gasteiger charge is -2.04. The van der Waals surface area contributed by atoms with Crippen molar-refractivity contribution in [2.75, 3.05) is 0 Å². The van der Waals surface area contributed by atoms with Gasteiger partial charge in [-0.05, 0) is 30.7 Å². The number of amidine groups is 1. The molecule has 0 radical (unpaired) electrons. The molecule has 1 fully saturated rings. The van der Waals surface area contributed by atoms with Crippen LogP contribution in [0.5, 0.6) is 0 Å². The first-order valence-electron chi connectivity index (χ1n) is 4.39. The van der Waals surface area contributed by atoms with E-state index in [1.54, 1.807) is 11.3 Å². The summed E-state index contributed by atoms with van der Waals surface area (Å²) in [5.41, 5.74) is 5.05. The van der Waals surface area contributed by atoms with E-state index in [1.165, 1.54) is 18.4 Å². The normalized spacial score (nSPS) is 17.5. The molecule has 0 bridgehead atoms. The second-order valence-electron chi connectivity index (χ2n) is 3.32. The summed E-state index contributed by atoms with van der Waals surface area (Å²) in [5, 5.41) is 4.19. The van der Waals surface area contributed by atoms with E-state index in [1.807, 2.05) is 0 Å². The molecule has 1 aromatic rings. The van der Waals surface area contributed by atoms with Crippen LogP contribution in [0.1, 0.15) is 24.0 Å². The monoisotopic (exact) mass is 195 g/mol. The van der Waals surface area contributed by atoms with Gasteiger partial charge in [0.2, 0.25) is 0 Å². The third-order valence-electron chi connectivity index (χ3n) is 2.11. The van der Waals surface area contributed by atoms with E-state index < -0.39 is 0 Å². The fourth-order valence-electron chi connectivity index (χ4n) is 1.17. The van der Waals surface area contributed by atoms with Crippen molar-refractivity contribution in [2.45, 2.75) is 25.8 Å². The minimum Gasteiger partial charge on any atom is -0.308 e. The second kappa shape index (κ2) is 3.47. The predicted molar refractivity (Wildman–Crippen MR) is 55.9 cm³/mol. The maximum absolute atomic E-state index is 5.43. The Bertz CT molecular complexity index is 325. The van der Waals surface area contributed by atoms with Gasteiger partial charge in [0, 0.05) is 10.9 Å². The van der Waals surface area contributed by atoms with E-state index in [0.717, 1.165) is 11.4 Å². The van der Waals surface area contributed by atoms with Crippen molar-refractivity contribution in [1.29, 1.82) is 0 Å². The summed E-state index contributed by atoms with van der Waals surface area (Å²) in [6.45, 7) is 2.07.